The third-order valence-electron chi connectivity index (χ3n) is 16.5. The molecule has 484 valence electrons. The monoisotopic (exact) mass is 1160 g/mol. The maximum absolute atomic E-state index is 13.0. The number of ether oxygens (including phenoxy) is 3. The Morgan fingerprint density at radius 2 is 0.434 bits per heavy atom. The van der Waals surface area contributed by atoms with E-state index in [0.717, 1.165) is 77.0 Å². The van der Waals surface area contributed by atoms with Crippen molar-refractivity contribution in [1.82, 2.24) is 0 Å². The van der Waals surface area contributed by atoms with Crippen LogP contribution in [0, 0.1) is 0 Å². The van der Waals surface area contributed by atoms with E-state index in [4.69, 9.17) is 14.2 Å². The Balaban J connectivity index is 4.37. The lowest BCUT2D eigenvalue weighted by molar-refractivity contribution is -0.167. The van der Waals surface area contributed by atoms with Crippen LogP contribution in [0.15, 0.2) is 60.8 Å². The normalized spacial score (nSPS) is 12.4. The van der Waals surface area contributed by atoms with E-state index in [2.05, 4.69) is 81.5 Å². The molecule has 0 N–H and O–H groups in total. The van der Waals surface area contributed by atoms with E-state index in [1.165, 1.54) is 276 Å². The summed E-state index contributed by atoms with van der Waals surface area (Å²) in [7, 11) is 0. The number of hydrogen-bond donors (Lipinski definition) is 0. The van der Waals surface area contributed by atoms with Crippen LogP contribution in [-0.2, 0) is 28.6 Å². The Morgan fingerprint density at radius 3 is 0.687 bits per heavy atom. The van der Waals surface area contributed by atoms with Crippen LogP contribution >= 0.6 is 0 Å². The van der Waals surface area contributed by atoms with E-state index < -0.39 is 6.10 Å². The largest absolute Gasteiger partial charge is 0.462 e. The number of hydrogen-bond acceptors (Lipinski definition) is 6. The number of unbranched alkanes of at least 4 members (excludes halogenated alkanes) is 47. The molecule has 0 aliphatic heterocycles. The van der Waals surface area contributed by atoms with Crippen molar-refractivity contribution in [2.75, 3.05) is 13.2 Å². The number of rotatable bonds is 68. The Bertz CT molecular complexity index is 1470. The van der Waals surface area contributed by atoms with E-state index in [-0.39, 0.29) is 31.1 Å². The van der Waals surface area contributed by atoms with Crippen molar-refractivity contribution in [3.63, 3.8) is 0 Å². The van der Waals surface area contributed by atoms with E-state index in [0.29, 0.717) is 19.3 Å². The Hall–Kier alpha value is -2.89. The molecule has 0 amide bonds. The fourth-order valence-electron chi connectivity index (χ4n) is 10.9. The fourth-order valence-corrected chi connectivity index (χ4v) is 10.9. The molecule has 6 nitrogen and oxygen atoms in total. The standard InChI is InChI=1S/C77H140O6/c1-4-7-10-13-16-19-22-25-28-31-34-37-38-41-43-46-49-52-55-58-61-64-67-70-76(79)82-73-74(83-77(80)71-68-65-62-59-56-53-50-47-44-40-36-33-30-27-24-21-18-15-12-9-6-3)72-81-75(78)69-66-63-60-57-54-51-48-45-42-39-35-32-29-26-23-20-17-14-11-8-5-2/h22,25,31-36,38,41,74H,4-21,23-24,26-30,37,39-40,42-73H2,1-3H3/b25-22-,34-31-,35-32-,36-33-,41-38-. The summed E-state index contributed by atoms with van der Waals surface area (Å²) < 4.78 is 17.0. The highest BCUT2D eigenvalue weighted by molar-refractivity contribution is 5.71. The van der Waals surface area contributed by atoms with Crippen LogP contribution < -0.4 is 0 Å². The second-order valence-electron chi connectivity index (χ2n) is 24.8. The van der Waals surface area contributed by atoms with Crippen molar-refractivity contribution in [1.29, 1.82) is 0 Å². The van der Waals surface area contributed by atoms with Gasteiger partial charge in [-0.15, -0.1) is 0 Å². The molecule has 0 saturated heterocycles. The second kappa shape index (κ2) is 71.6. The van der Waals surface area contributed by atoms with Crippen LogP contribution in [0.3, 0.4) is 0 Å². The summed E-state index contributed by atoms with van der Waals surface area (Å²) in [5.74, 6) is -0.862. The van der Waals surface area contributed by atoms with E-state index in [1.54, 1.807) is 0 Å². The van der Waals surface area contributed by atoms with Crippen molar-refractivity contribution in [2.24, 2.45) is 0 Å². The highest BCUT2D eigenvalue weighted by Gasteiger charge is 2.19. The summed E-state index contributed by atoms with van der Waals surface area (Å²) in [6, 6.07) is 0. The molecule has 0 heterocycles. The van der Waals surface area contributed by atoms with Gasteiger partial charge in [0.2, 0.25) is 0 Å². The van der Waals surface area contributed by atoms with E-state index in [1.807, 2.05) is 0 Å². The van der Waals surface area contributed by atoms with Crippen molar-refractivity contribution < 1.29 is 28.6 Å². The van der Waals surface area contributed by atoms with Gasteiger partial charge in [-0.25, -0.2) is 0 Å². The van der Waals surface area contributed by atoms with Gasteiger partial charge in [-0.3, -0.25) is 14.4 Å². The smallest absolute Gasteiger partial charge is 0.306 e. The molecule has 0 bridgehead atoms. The van der Waals surface area contributed by atoms with Gasteiger partial charge in [0.15, 0.2) is 6.10 Å². The van der Waals surface area contributed by atoms with Crippen molar-refractivity contribution in [3.8, 4) is 0 Å². The zero-order chi connectivity index (χ0) is 59.9. The van der Waals surface area contributed by atoms with Gasteiger partial charge in [-0.05, 0) is 109 Å². The van der Waals surface area contributed by atoms with Crippen LogP contribution in [0.4, 0.5) is 0 Å². The van der Waals surface area contributed by atoms with Gasteiger partial charge in [-0.1, -0.05) is 326 Å². The number of esters is 3. The highest BCUT2D eigenvalue weighted by atomic mass is 16.6. The summed E-state index contributed by atoms with van der Waals surface area (Å²) in [5, 5.41) is 0. The highest BCUT2D eigenvalue weighted by Crippen LogP contribution is 2.18. The van der Waals surface area contributed by atoms with Gasteiger partial charge in [0, 0.05) is 19.3 Å². The minimum absolute atomic E-state index is 0.0758. The first kappa shape index (κ1) is 80.1. The van der Waals surface area contributed by atoms with Gasteiger partial charge in [-0.2, -0.15) is 0 Å². The van der Waals surface area contributed by atoms with E-state index in [9.17, 15) is 14.4 Å². The molecule has 0 fully saturated rings. The molecule has 1 unspecified atom stereocenters. The SMILES string of the molecule is CCCCCCC/C=C\C/C=C\C/C=C\CCCCCCCCCCC(=O)OCC(COC(=O)CCCCCCCCCCC/C=C\CCCCCCCCCC)OC(=O)CCCCCCCCCCC/C=C\CCCCCCCCCC. The Kier molecular flexibility index (Phi) is 69.1. The molecule has 0 aliphatic carbocycles. The van der Waals surface area contributed by atoms with Crippen LogP contribution in [0.1, 0.15) is 393 Å². The van der Waals surface area contributed by atoms with Gasteiger partial charge in [0.05, 0.1) is 0 Å². The third kappa shape index (κ3) is 69.8. The zero-order valence-corrected chi connectivity index (χ0v) is 55.7. The molecule has 0 aromatic rings. The summed E-state index contributed by atoms with van der Waals surface area (Å²) in [4.78, 5) is 38.5. The number of carbonyl (C=O) groups excluding carboxylic acids is 3. The maximum atomic E-state index is 13.0. The molecule has 1 atom stereocenters. The Labute approximate surface area is 517 Å². The molecule has 83 heavy (non-hydrogen) atoms. The lowest BCUT2D eigenvalue weighted by Gasteiger charge is -2.18. The second-order valence-corrected chi connectivity index (χ2v) is 24.8. The van der Waals surface area contributed by atoms with Crippen molar-refractivity contribution in [2.45, 2.75) is 399 Å². The minimum atomic E-state index is -0.782. The first-order chi connectivity index (χ1) is 41.0. The maximum Gasteiger partial charge on any atom is 0.306 e. The number of allylic oxidation sites excluding steroid dienone is 10. The number of carbonyl (C=O) groups is 3. The molecule has 0 radical (unpaired) electrons. The van der Waals surface area contributed by atoms with Crippen LogP contribution in [0.2, 0.25) is 0 Å². The molecule has 0 saturated carbocycles. The van der Waals surface area contributed by atoms with Crippen LogP contribution in [-0.4, -0.2) is 37.2 Å². The first-order valence-corrected chi connectivity index (χ1v) is 36.8. The predicted molar refractivity (Wildman–Crippen MR) is 362 cm³/mol. The quantitative estimate of drug-likeness (QED) is 0.0261. The molecular weight excluding hydrogens is 1020 g/mol. The molecule has 6 heteroatoms. The lowest BCUT2D eigenvalue weighted by Crippen LogP contribution is -2.30. The van der Waals surface area contributed by atoms with Crippen molar-refractivity contribution in [3.05, 3.63) is 60.8 Å². The molecule has 0 aliphatic rings. The first-order valence-electron chi connectivity index (χ1n) is 36.8. The lowest BCUT2D eigenvalue weighted by atomic mass is 10.1. The summed E-state index contributed by atoms with van der Waals surface area (Å²) in [6.07, 6.45) is 92.4. The Morgan fingerprint density at radius 1 is 0.241 bits per heavy atom. The minimum Gasteiger partial charge on any atom is -0.462 e. The topological polar surface area (TPSA) is 78.9 Å². The average Bonchev–Trinajstić information content (AvgIpc) is 3.49. The van der Waals surface area contributed by atoms with Gasteiger partial charge in [0.1, 0.15) is 13.2 Å². The van der Waals surface area contributed by atoms with Gasteiger partial charge < -0.3 is 14.2 Å². The zero-order valence-electron chi connectivity index (χ0n) is 55.7. The van der Waals surface area contributed by atoms with E-state index >= 15 is 0 Å². The fraction of sp³-hybridized carbons (Fsp3) is 0.831. The molecule has 0 aromatic heterocycles. The summed E-state index contributed by atoms with van der Waals surface area (Å²) in [6.45, 7) is 6.69. The predicted octanol–water partition coefficient (Wildman–Crippen LogP) is 25.5. The summed E-state index contributed by atoms with van der Waals surface area (Å²) >= 11 is 0. The molecular formula is C77H140O6. The summed E-state index contributed by atoms with van der Waals surface area (Å²) in [5.41, 5.74) is 0. The van der Waals surface area contributed by atoms with Gasteiger partial charge in [0.25, 0.3) is 0 Å². The van der Waals surface area contributed by atoms with Gasteiger partial charge >= 0.3 is 17.9 Å². The molecule has 0 rings (SSSR count). The molecule has 0 aromatic carbocycles. The van der Waals surface area contributed by atoms with Crippen LogP contribution in [0.25, 0.3) is 0 Å². The third-order valence-corrected chi connectivity index (χ3v) is 16.5. The van der Waals surface area contributed by atoms with Crippen molar-refractivity contribution >= 4 is 17.9 Å². The average molecular weight is 1160 g/mol. The molecule has 0 spiro atoms. The van der Waals surface area contributed by atoms with Crippen LogP contribution in [0.5, 0.6) is 0 Å².